The number of amides is 1. The summed E-state index contributed by atoms with van der Waals surface area (Å²) in [6.45, 7) is 1.98. The van der Waals surface area contributed by atoms with Gasteiger partial charge in [0.25, 0.3) is 5.91 Å². The number of rotatable bonds is 3. The summed E-state index contributed by atoms with van der Waals surface area (Å²) in [5.74, 6) is -0.502. The van der Waals surface area contributed by atoms with E-state index in [1.165, 1.54) is 6.07 Å². The van der Waals surface area contributed by atoms with E-state index in [4.69, 9.17) is 11.6 Å². The van der Waals surface area contributed by atoms with Crippen molar-refractivity contribution >= 4 is 17.5 Å². The predicted octanol–water partition coefficient (Wildman–Crippen LogP) is 3.72. The Morgan fingerprint density at radius 1 is 1.26 bits per heavy atom. The smallest absolute Gasteiger partial charge is 0.251 e. The molecule has 2 aromatic carbocycles. The maximum Gasteiger partial charge on any atom is 0.251 e. The normalized spacial score (nSPS) is 10.3. The Bertz CT molecular complexity index is 613. The third-order valence-corrected chi connectivity index (χ3v) is 3.01. The minimum absolute atomic E-state index is 0.233. The van der Waals surface area contributed by atoms with Crippen molar-refractivity contribution in [1.82, 2.24) is 5.32 Å². The van der Waals surface area contributed by atoms with E-state index in [1.54, 1.807) is 43.3 Å². The first kappa shape index (κ1) is 13.6. The van der Waals surface area contributed by atoms with Crippen molar-refractivity contribution in [2.75, 3.05) is 0 Å². The van der Waals surface area contributed by atoms with Crippen LogP contribution in [0.25, 0.3) is 0 Å². The summed E-state index contributed by atoms with van der Waals surface area (Å²) in [5, 5.41) is 3.23. The van der Waals surface area contributed by atoms with Gasteiger partial charge in [0, 0.05) is 17.1 Å². The first-order valence-electron chi connectivity index (χ1n) is 5.85. The molecule has 0 spiro atoms. The first-order chi connectivity index (χ1) is 9.06. The Morgan fingerprint density at radius 2 is 2.05 bits per heavy atom. The highest BCUT2D eigenvalue weighted by Crippen LogP contribution is 2.12. The van der Waals surface area contributed by atoms with Crippen molar-refractivity contribution in [3.8, 4) is 0 Å². The van der Waals surface area contributed by atoms with Crippen molar-refractivity contribution in [3.63, 3.8) is 0 Å². The van der Waals surface area contributed by atoms with Gasteiger partial charge in [-0.3, -0.25) is 4.79 Å². The molecular weight excluding hydrogens is 265 g/mol. The molecule has 0 aromatic heterocycles. The van der Waals surface area contributed by atoms with Gasteiger partial charge in [0.1, 0.15) is 5.82 Å². The zero-order valence-electron chi connectivity index (χ0n) is 10.4. The van der Waals surface area contributed by atoms with E-state index in [0.717, 1.165) is 5.56 Å². The van der Waals surface area contributed by atoms with E-state index in [2.05, 4.69) is 5.32 Å². The second-order valence-electron chi connectivity index (χ2n) is 4.28. The van der Waals surface area contributed by atoms with Crippen LogP contribution in [0.3, 0.4) is 0 Å². The minimum Gasteiger partial charge on any atom is -0.348 e. The van der Waals surface area contributed by atoms with E-state index in [1.807, 2.05) is 0 Å². The molecule has 1 amide bonds. The molecule has 2 nitrogen and oxygen atoms in total. The maximum atomic E-state index is 13.3. The summed E-state index contributed by atoms with van der Waals surface area (Å²) in [5.41, 5.74) is 1.79. The molecule has 0 saturated heterocycles. The second kappa shape index (κ2) is 5.85. The highest BCUT2D eigenvalue weighted by molar-refractivity contribution is 6.30. The lowest BCUT2D eigenvalue weighted by Crippen LogP contribution is -2.22. The standard InChI is InChI=1S/C15H13ClFNO/c1-10-5-6-11(7-14(10)17)9-18-15(19)12-3-2-4-13(16)8-12/h2-8H,9H2,1H3,(H,18,19). The highest BCUT2D eigenvalue weighted by Gasteiger charge is 2.06. The third kappa shape index (κ3) is 3.55. The van der Waals surface area contributed by atoms with Gasteiger partial charge in [-0.2, -0.15) is 0 Å². The Labute approximate surface area is 116 Å². The molecule has 19 heavy (non-hydrogen) atoms. The molecule has 0 unspecified atom stereocenters. The zero-order valence-corrected chi connectivity index (χ0v) is 11.2. The van der Waals surface area contributed by atoms with Gasteiger partial charge >= 0.3 is 0 Å². The molecule has 0 aliphatic carbocycles. The van der Waals surface area contributed by atoms with E-state index in [9.17, 15) is 9.18 Å². The van der Waals surface area contributed by atoms with Crippen LogP contribution in [0, 0.1) is 12.7 Å². The van der Waals surface area contributed by atoms with Crippen LogP contribution in [-0.2, 0) is 6.54 Å². The molecule has 0 fully saturated rings. The van der Waals surface area contributed by atoms with Gasteiger partial charge in [-0.05, 0) is 42.3 Å². The highest BCUT2D eigenvalue weighted by atomic mass is 35.5. The molecular formula is C15H13ClFNO. The van der Waals surface area contributed by atoms with Gasteiger partial charge in [-0.15, -0.1) is 0 Å². The Balaban J connectivity index is 2.02. The summed E-state index contributed by atoms with van der Waals surface area (Å²) >= 11 is 5.81. The summed E-state index contributed by atoms with van der Waals surface area (Å²) in [4.78, 5) is 11.9. The molecule has 0 atom stereocenters. The van der Waals surface area contributed by atoms with E-state index in [0.29, 0.717) is 16.1 Å². The van der Waals surface area contributed by atoms with Crippen LogP contribution in [0.2, 0.25) is 5.02 Å². The van der Waals surface area contributed by atoms with Crippen LogP contribution >= 0.6 is 11.6 Å². The van der Waals surface area contributed by atoms with Gasteiger partial charge in [0.15, 0.2) is 0 Å². The number of hydrogen-bond donors (Lipinski definition) is 1. The van der Waals surface area contributed by atoms with Crippen molar-refractivity contribution in [2.24, 2.45) is 0 Å². The fourth-order valence-corrected chi connectivity index (χ4v) is 1.85. The number of aryl methyl sites for hydroxylation is 1. The Kier molecular flexibility index (Phi) is 4.17. The maximum absolute atomic E-state index is 13.3. The molecule has 0 radical (unpaired) electrons. The van der Waals surface area contributed by atoms with Gasteiger partial charge in [0.05, 0.1) is 0 Å². The van der Waals surface area contributed by atoms with Gasteiger partial charge in [-0.25, -0.2) is 4.39 Å². The average molecular weight is 278 g/mol. The number of carbonyl (C=O) groups is 1. The predicted molar refractivity (Wildman–Crippen MR) is 73.8 cm³/mol. The number of hydrogen-bond acceptors (Lipinski definition) is 1. The molecule has 0 aliphatic heterocycles. The molecule has 1 N–H and O–H groups in total. The van der Waals surface area contributed by atoms with E-state index >= 15 is 0 Å². The van der Waals surface area contributed by atoms with Crippen LogP contribution in [0.1, 0.15) is 21.5 Å². The van der Waals surface area contributed by atoms with Crippen molar-refractivity contribution < 1.29 is 9.18 Å². The minimum atomic E-state index is -0.269. The topological polar surface area (TPSA) is 29.1 Å². The number of benzene rings is 2. The lowest BCUT2D eigenvalue weighted by Gasteiger charge is -2.06. The van der Waals surface area contributed by atoms with E-state index in [-0.39, 0.29) is 18.3 Å². The average Bonchev–Trinajstić information content (AvgIpc) is 2.40. The summed E-state index contributed by atoms with van der Waals surface area (Å²) in [6, 6.07) is 11.6. The van der Waals surface area contributed by atoms with Gasteiger partial charge < -0.3 is 5.32 Å². The monoisotopic (exact) mass is 277 g/mol. The zero-order chi connectivity index (χ0) is 13.8. The SMILES string of the molecule is Cc1ccc(CNC(=O)c2cccc(Cl)c2)cc1F. The van der Waals surface area contributed by atoms with Crippen LogP contribution < -0.4 is 5.32 Å². The lowest BCUT2D eigenvalue weighted by molar-refractivity contribution is 0.0951. The first-order valence-corrected chi connectivity index (χ1v) is 6.23. The van der Waals surface area contributed by atoms with Crippen molar-refractivity contribution in [3.05, 3.63) is 70.0 Å². The molecule has 0 heterocycles. The molecule has 0 bridgehead atoms. The Hall–Kier alpha value is -1.87. The third-order valence-electron chi connectivity index (χ3n) is 2.78. The number of halogens is 2. The van der Waals surface area contributed by atoms with Crippen LogP contribution in [0.5, 0.6) is 0 Å². The number of nitrogens with one attached hydrogen (secondary N) is 1. The van der Waals surface area contributed by atoms with Gasteiger partial charge in [-0.1, -0.05) is 29.8 Å². The van der Waals surface area contributed by atoms with Crippen LogP contribution in [0.4, 0.5) is 4.39 Å². The van der Waals surface area contributed by atoms with Crippen LogP contribution in [0.15, 0.2) is 42.5 Å². The van der Waals surface area contributed by atoms with Crippen LogP contribution in [-0.4, -0.2) is 5.91 Å². The molecule has 2 aromatic rings. The van der Waals surface area contributed by atoms with Crippen molar-refractivity contribution in [1.29, 1.82) is 0 Å². The fraction of sp³-hybridized carbons (Fsp3) is 0.133. The molecule has 0 saturated carbocycles. The number of carbonyl (C=O) groups excluding carboxylic acids is 1. The summed E-state index contributed by atoms with van der Waals surface area (Å²) < 4.78 is 13.3. The largest absolute Gasteiger partial charge is 0.348 e. The van der Waals surface area contributed by atoms with E-state index < -0.39 is 0 Å². The second-order valence-corrected chi connectivity index (χ2v) is 4.71. The molecule has 0 aliphatic rings. The van der Waals surface area contributed by atoms with Crippen molar-refractivity contribution in [2.45, 2.75) is 13.5 Å². The summed E-state index contributed by atoms with van der Waals surface area (Å²) in [7, 11) is 0. The molecule has 2 rings (SSSR count). The molecule has 4 heteroatoms. The van der Waals surface area contributed by atoms with Gasteiger partial charge in [0.2, 0.25) is 0 Å². The Morgan fingerprint density at radius 3 is 2.74 bits per heavy atom. The fourth-order valence-electron chi connectivity index (χ4n) is 1.66. The molecule has 98 valence electrons. The lowest BCUT2D eigenvalue weighted by atomic mass is 10.1. The summed E-state index contributed by atoms with van der Waals surface area (Å²) in [6.07, 6.45) is 0. The quantitative estimate of drug-likeness (QED) is 0.910.